The highest BCUT2D eigenvalue weighted by molar-refractivity contribution is 6.04. The van der Waals surface area contributed by atoms with Crippen LogP contribution in [0.3, 0.4) is 0 Å². The summed E-state index contributed by atoms with van der Waals surface area (Å²) < 4.78 is 9.03. The van der Waals surface area contributed by atoms with Crippen LogP contribution in [0.1, 0.15) is 200 Å². The van der Waals surface area contributed by atoms with Gasteiger partial charge in [0.1, 0.15) is 28.2 Å². The zero-order chi connectivity index (χ0) is 88.5. The van der Waals surface area contributed by atoms with Gasteiger partial charge in [0.25, 0.3) is 0 Å². The predicted octanol–water partition coefficient (Wildman–Crippen LogP) is 28.7. The fraction of sp³-hybridized carbons (Fsp3) is 0.300. The van der Waals surface area contributed by atoms with Crippen LogP contribution in [0.2, 0.25) is 0 Å². The average Bonchev–Trinajstić information content (AvgIpc) is 0.662. The van der Waals surface area contributed by atoms with Gasteiger partial charge >= 0.3 is 0 Å². The van der Waals surface area contributed by atoms with Crippen LogP contribution in [-0.2, 0) is 71.5 Å². The molecule has 12 aromatic carbocycles. The predicted molar refractivity (Wildman–Crippen MR) is 526 cm³/mol. The maximum absolute atomic E-state index is 2.43. The van der Waals surface area contributed by atoms with E-state index in [-0.39, 0.29) is 43.3 Å². The standard InChI is InChI=1S/4C30H32N/c1-19-16-17-31(7)26(18-19)22-13-14-24-27-23-11-9-8-10-21(23)12-15-25(27)29(3,4)30(5,6)28(24)20(22)2;1-19-16-17-31(7)25(18-19)26-20(2)12-14-23-27-22-11-9-8-10-21(22)13-15-24(27)29(3,4)30(5,6)28(23)26;1-19-14-15-31(7)27(16-19)23-12-13-24-25-17-21-10-8-9-11-22(21)18-26(25)29(3,4)30(5,6)28(24)20(23)2;1-19-14-15-31(7)26(16-19)27-20(2)12-13-23-24-17-21-10-8-9-11-22(21)18-25(24)29(3,4)30(5,6)28(23)27/h4*8-18H,1-7H3/q4*+1. The maximum Gasteiger partial charge on any atom is 0.213 e. The van der Waals surface area contributed by atoms with E-state index in [1.165, 1.54) is 222 Å². The molecule has 4 aliphatic carbocycles. The molecule has 0 saturated heterocycles. The van der Waals surface area contributed by atoms with E-state index in [9.17, 15) is 0 Å². The SMILES string of the molecule is Cc1cc[n+](C)c(-c2c(C)ccc3c2C(C)(C)C(C)(C)c2cc4ccccc4cc2-3)c1.Cc1cc[n+](C)c(-c2c(C)ccc3c2C(C)(C)C(C)(C)c2ccc4ccccc4c2-3)c1.Cc1cc[n+](C)c(-c2ccc3c(c2C)C(C)(C)C(C)(C)c2cc4ccccc4cc2-3)c1.Cc1cc[n+](C)c(-c2ccc3c(c2C)C(C)(C)C(C)(C)c2ccc4ccccc4c2-3)c1. The molecular formula is C120H128N4+4. The highest BCUT2D eigenvalue weighted by Gasteiger charge is 2.53. The van der Waals surface area contributed by atoms with Gasteiger partial charge in [-0.1, -0.05) is 269 Å². The Morgan fingerprint density at radius 2 is 0.460 bits per heavy atom. The summed E-state index contributed by atoms with van der Waals surface area (Å²) in [6.45, 7) is 56.7. The lowest BCUT2D eigenvalue weighted by atomic mass is 9.54. The second-order valence-electron chi connectivity index (χ2n) is 41.4. The van der Waals surface area contributed by atoms with Crippen molar-refractivity contribution in [3.8, 4) is 89.5 Å². The highest BCUT2D eigenvalue weighted by atomic mass is 14.9. The van der Waals surface area contributed by atoms with Crippen molar-refractivity contribution >= 4 is 43.1 Å². The van der Waals surface area contributed by atoms with Crippen LogP contribution < -0.4 is 18.3 Å². The number of fused-ring (bicyclic) bond motifs is 18. The Balaban J connectivity index is 0.000000117. The second-order valence-corrected chi connectivity index (χ2v) is 41.4. The molecule has 4 heteroatoms. The molecule has 4 aromatic heterocycles. The lowest BCUT2D eigenvalue weighted by Crippen LogP contribution is -2.44. The van der Waals surface area contributed by atoms with Crippen molar-refractivity contribution in [3.05, 3.63) is 356 Å². The monoisotopic (exact) mass is 1630 g/mol. The molecule has 0 amide bonds. The number of nitrogens with zero attached hydrogens (tertiary/aromatic N) is 4. The number of hydrogen-bond donors (Lipinski definition) is 0. The van der Waals surface area contributed by atoms with Crippen molar-refractivity contribution < 1.29 is 18.3 Å². The minimum Gasteiger partial charge on any atom is -0.201 e. The fourth-order valence-electron chi connectivity index (χ4n) is 22.3. The molecule has 624 valence electrons. The summed E-state index contributed by atoms with van der Waals surface area (Å²) in [6, 6.07) is 90.9. The van der Waals surface area contributed by atoms with Gasteiger partial charge in [-0.3, -0.25) is 0 Å². The van der Waals surface area contributed by atoms with Gasteiger partial charge in [-0.25, -0.2) is 18.3 Å². The number of aryl methyl sites for hydroxylation is 10. The summed E-state index contributed by atoms with van der Waals surface area (Å²) in [5, 5.41) is 10.6. The van der Waals surface area contributed by atoms with Crippen LogP contribution >= 0.6 is 0 Å². The molecule has 124 heavy (non-hydrogen) atoms. The highest BCUT2D eigenvalue weighted by Crippen LogP contribution is 2.62. The average molecular weight is 1630 g/mol. The van der Waals surface area contributed by atoms with Gasteiger partial charge in [0.2, 0.25) is 22.8 Å². The Kier molecular flexibility index (Phi) is 20.5. The molecule has 0 spiro atoms. The molecule has 0 fully saturated rings. The first-order chi connectivity index (χ1) is 58.5. The summed E-state index contributed by atoms with van der Waals surface area (Å²) in [5.74, 6) is 0. The summed E-state index contributed by atoms with van der Waals surface area (Å²) in [4.78, 5) is 0. The summed E-state index contributed by atoms with van der Waals surface area (Å²) in [7, 11) is 8.61. The molecule has 0 N–H and O–H groups in total. The summed E-state index contributed by atoms with van der Waals surface area (Å²) >= 11 is 0. The van der Waals surface area contributed by atoms with Gasteiger partial charge in [-0.15, -0.1) is 0 Å². The zero-order valence-corrected chi connectivity index (χ0v) is 79.2. The van der Waals surface area contributed by atoms with Gasteiger partial charge in [0.15, 0.2) is 24.8 Å². The van der Waals surface area contributed by atoms with Crippen molar-refractivity contribution in [1.29, 1.82) is 0 Å². The Morgan fingerprint density at radius 1 is 0.194 bits per heavy atom. The second kappa shape index (κ2) is 30.0. The maximum atomic E-state index is 2.43. The van der Waals surface area contributed by atoms with Crippen molar-refractivity contribution in [3.63, 3.8) is 0 Å². The van der Waals surface area contributed by atoms with Crippen molar-refractivity contribution in [1.82, 2.24) is 0 Å². The summed E-state index contributed by atoms with van der Waals surface area (Å²) in [5.41, 5.74) is 44.1. The first-order valence-electron chi connectivity index (χ1n) is 45.1. The lowest BCUT2D eigenvalue weighted by Gasteiger charge is -2.49. The largest absolute Gasteiger partial charge is 0.213 e. The molecule has 4 nitrogen and oxygen atoms in total. The van der Waals surface area contributed by atoms with Gasteiger partial charge in [0.05, 0.1) is 11.1 Å². The molecule has 20 rings (SSSR count). The Morgan fingerprint density at radius 3 is 0.847 bits per heavy atom. The first-order valence-corrected chi connectivity index (χ1v) is 45.1. The van der Waals surface area contributed by atoms with E-state index in [0.717, 1.165) is 0 Å². The van der Waals surface area contributed by atoms with Crippen molar-refractivity contribution in [2.24, 2.45) is 28.2 Å². The topological polar surface area (TPSA) is 15.5 Å². The fourth-order valence-corrected chi connectivity index (χ4v) is 22.3. The van der Waals surface area contributed by atoms with Crippen LogP contribution in [-0.4, -0.2) is 0 Å². The molecule has 4 aliphatic rings. The molecule has 0 bridgehead atoms. The lowest BCUT2D eigenvalue weighted by molar-refractivity contribution is -0.660. The van der Waals surface area contributed by atoms with Crippen molar-refractivity contribution in [2.75, 3.05) is 0 Å². The van der Waals surface area contributed by atoms with Crippen LogP contribution in [0, 0.1) is 55.4 Å². The first kappa shape index (κ1) is 84.5. The number of rotatable bonds is 4. The molecule has 0 radical (unpaired) electrons. The molecular weight excluding hydrogens is 1500 g/mol. The Labute approximate surface area is 740 Å². The number of benzene rings is 12. The quantitative estimate of drug-likeness (QED) is 0.156. The zero-order valence-electron chi connectivity index (χ0n) is 79.2. The Bertz CT molecular complexity index is 7070. The molecule has 0 saturated carbocycles. The number of pyridine rings is 4. The smallest absolute Gasteiger partial charge is 0.201 e. The van der Waals surface area contributed by atoms with Gasteiger partial charge < -0.3 is 0 Å². The minimum absolute atomic E-state index is 0.000278. The van der Waals surface area contributed by atoms with Crippen LogP contribution in [0.4, 0.5) is 0 Å². The van der Waals surface area contributed by atoms with E-state index >= 15 is 0 Å². The number of aromatic nitrogens is 4. The van der Waals surface area contributed by atoms with Crippen LogP contribution in [0.5, 0.6) is 0 Å². The third kappa shape index (κ3) is 13.0. The van der Waals surface area contributed by atoms with E-state index in [0.29, 0.717) is 0 Å². The van der Waals surface area contributed by atoms with Crippen LogP contribution in [0.25, 0.3) is 133 Å². The van der Waals surface area contributed by atoms with Gasteiger partial charge in [0, 0.05) is 70.5 Å². The minimum atomic E-state index is -0.0319. The molecule has 16 aromatic rings. The molecule has 0 atom stereocenters. The van der Waals surface area contributed by atoms with Crippen molar-refractivity contribution in [2.45, 2.75) is 209 Å². The van der Waals surface area contributed by atoms with E-state index < -0.39 is 0 Å². The third-order valence-corrected chi connectivity index (χ3v) is 32.2. The molecule has 0 unspecified atom stereocenters. The van der Waals surface area contributed by atoms with Crippen LogP contribution in [0.15, 0.2) is 267 Å². The third-order valence-electron chi connectivity index (χ3n) is 32.2. The van der Waals surface area contributed by atoms with E-state index in [1.807, 2.05) is 0 Å². The molecule has 4 heterocycles. The molecule has 0 aliphatic heterocycles. The Hall–Kier alpha value is -11.7. The van der Waals surface area contributed by atoms with E-state index in [2.05, 4.69) is 480 Å². The summed E-state index contributed by atoms with van der Waals surface area (Å²) in [6.07, 6.45) is 8.71. The van der Waals surface area contributed by atoms with Gasteiger partial charge in [-0.05, 0) is 301 Å². The normalized spacial score (nSPS) is 16.1. The van der Waals surface area contributed by atoms with E-state index in [4.69, 9.17) is 0 Å². The van der Waals surface area contributed by atoms with E-state index in [1.54, 1.807) is 0 Å². The van der Waals surface area contributed by atoms with Gasteiger partial charge in [-0.2, -0.15) is 0 Å². The number of hydrogen-bond acceptors (Lipinski definition) is 0.